The number of allylic oxidation sites excluding steroid dienone is 2. The van der Waals surface area contributed by atoms with Crippen LogP contribution in [0.4, 0.5) is 0 Å². The maximum atomic E-state index is 11.8. The standard InChI is InChI=1S/C10H19NO2S/c1-8(2)9(3)14(12,13)11-10-6-4-5-7-10/h10-11H,4-7H2,1-3H3. The summed E-state index contributed by atoms with van der Waals surface area (Å²) in [5, 5.41) is 0. The summed E-state index contributed by atoms with van der Waals surface area (Å²) >= 11 is 0. The van der Waals surface area contributed by atoms with E-state index in [1.807, 2.05) is 13.8 Å². The molecule has 0 aromatic carbocycles. The third-order valence-electron chi connectivity index (χ3n) is 2.78. The molecule has 0 atom stereocenters. The molecule has 4 heteroatoms. The second kappa shape index (κ2) is 4.45. The van der Waals surface area contributed by atoms with Crippen molar-refractivity contribution in [2.24, 2.45) is 0 Å². The molecule has 1 aliphatic carbocycles. The van der Waals surface area contributed by atoms with Gasteiger partial charge in [-0.1, -0.05) is 18.4 Å². The molecule has 0 aromatic rings. The summed E-state index contributed by atoms with van der Waals surface area (Å²) in [6.45, 7) is 5.30. The molecule has 0 aromatic heterocycles. The molecule has 82 valence electrons. The summed E-state index contributed by atoms with van der Waals surface area (Å²) in [7, 11) is -3.21. The van der Waals surface area contributed by atoms with E-state index in [0.717, 1.165) is 31.3 Å². The van der Waals surface area contributed by atoms with Crippen LogP contribution >= 0.6 is 0 Å². The highest BCUT2D eigenvalue weighted by atomic mass is 32.2. The van der Waals surface area contributed by atoms with E-state index in [1.54, 1.807) is 6.92 Å². The highest BCUT2D eigenvalue weighted by Gasteiger charge is 2.22. The van der Waals surface area contributed by atoms with Gasteiger partial charge in [0.1, 0.15) is 0 Å². The van der Waals surface area contributed by atoms with Crippen LogP contribution in [0.1, 0.15) is 46.5 Å². The summed E-state index contributed by atoms with van der Waals surface area (Å²) in [5.74, 6) is 0. The molecule has 0 radical (unpaired) electrons. The van der Waals surface area contributed by atoms with Crippen molar-refractivity contribution >= 4 is 10.0 Å². The minimum absolute atomic E-state index is 0.161. The number of hydrogen-bond acceptors (Lipinski definition) is 2. The Labute approximate surface area is 86.6 Å². The first-order valence-corrected chi connectivity index (χ1v) is 6.58. The SMILES string of the molecule is CC(C)=C(C)S(=O)(=O)NC1CCCC1. The van der Waals surface area contributed by atoms with Gasteiger partial charge in [-0.05, 0) is 33.6 Å². The Hall–Kier alpha value is -0.350. The lowest BCUT2D eigenvalue weighted by Crippen LogP contribution is -2.33. The van der Waals surface area contributed by atoms with Crippen LogP contribution in [0.25, 0.3) is 0 Å². The normalized spacial score (nSPS) is 18.5. The predicted molar refractivity (Wildman–Crippen MR) is 58.4 cm³/mol. The molecule has 0 aliphatic heterocycles. The Bertz CT molecular complexity index is 320. The summed E-state index contributed by atoms with van der Waals surface area (Å²) in [6, 6.07) is 0.161. The van der Waals surface area contributed by atoms with E-state index in [-0.39, 0.29) is 6.04 Å². The minimum atomic E-state index is -3.21. The topological polar surface area (TPSA) is 46.2 Å². The molecule has 0 saturated heterocycles. The molecule has 1 rings (SSSR count). The third-order valence-corrected chi connectivity index (χ3v) is 4.64. The minimum Gasteiger partial charge on any atom is -0.208 e. The first-order chi connectivity index (χ1) is 6.43. The van der Waals surface area contributed by atoms with Crippen molar-refractivity contribution in [3.63, 3.8) is 0 Å². The van der Waals surface area contributed by atoms with Gasteiger partial charge in [-0.25, -0.2) is 13.1 Å². The Morgan fingerprint density at radius 2 is 1.64 bits per heavy atom. The number of nitrogens with one attached hydrogen (secondary N) is 1. The van der Waals surface area contributed by atoms with Gasteiger partial charge in [0.25, 0.3) is 0 Å². The molecular formula is C10H19NO2S. The van der Waals surface area contributed by atoms with Crippen LogP contribution in [0.15, 0.2) is 10.5 Å². The van der Waals surface area contributed by atoms with E-state index in [1.165, 1.54) is 0 Å². The maximum absolute atomic E-state index is 11.8. The van der Waals surface area contributed by atoms with Crippen LogP contribution in [0.5, 0.6) is 0 Å². The highest BCUT2D eigenvalue weighted by Crippen LogP contribution is 2.20. The van der Waals surface area contributed by atoms with E-state index in [2.05, 4.69) is 4.72 Å². The highest BCUT2D eigenvalue weighted by molar-refractivity contribution is 7.93. The quantitative estimate of drug-likeness (QED) is 0.787. The number of sulfonamides is 1. The van der Waals surface area contributed by atoms with Crippen LogP contribution in [0.3, 0.4) is 0 Å². The fraction of sp³-hybridized carbons (Fsp3) is 0.800. The summed E-state index contributed by atoms with van der Waals surface area (Å²) < 4.78 is 26.3. The molecule has 1 N–H and O–H groups in total. The molecule has 14 heavy (non-hydrogen) atoms. The zero-order chi connectivity index (χ0) is 10.8. The van der Waals surface area contributed by atoms with Gasteiger partial charge in [-0.2, -0.15) is 0 Å². The molecule has 0 spiro atoms. The van der Waals surface area contributed by atoms with Gasteiger partial charge in [-0.15, -0.1) is 0 Å². The Morgan fingerprint density at radius 1 is 1.14 bits per heavy atom. The third kappa shape index (κ3) is 2.82. The Balaban J connectivity index is 2.71. The van der Waals surface area contributed by atoms with Crippen molar-refractivity contribution < 1.29 is 8.42 Å². The molecule has 1 fully saturated rings. The fourth-order valence-electron chi connectivity index (χ4n) is 1.62. The van der Waals surface area contributed by atoms with E-state index in [4.69, 9.17) is 0 Å². The number of rotatable bonds is 3. The lowest BCUT2D eigenvalue weighted by molar-refractivity contribution is 0.557. The monoisotopic (exact) mass is 217 g/mol. The van der Waals surface area contributed by atoms with Gasteiger partial charge in [0, 0.05) is 6.04 Å². The molecule has 0 bridgehead atoms. The summed E-state index contributed by atoms with van der Waals surface area (Å²) in [5.41, 5.74) is 0.857. The molecule has 0 heterocycles. The van der Waals surface area contributed by atoms with Crippen LogP contribution in [-0.4, -0.2) is 14.5 Å². The molecule has 0 amide bonds. The Morgan fingerprint density at radius 3 is 2.07 bits per heavy atom. The smallest absolute Gasteiger partial charge is 0.208 e. The van der Waals surface area contributed by atoms with Crippen molar-refractivity contribution in [1.29, 1.82) is 0 Å². The zero-order valence-corrected chi connectivity index (χ0v) is 9.95. The molecular weight excluding hydrogens is 198 g/mol. The van der Waals surface area contributed by atoms with Gasteiger partial charge in [-0.3, -0.25) is 0 Å². The van der Waals surface area contributed by atoms with Crippen molar-refractivity contribution in [3.8, 4) is 0 Å². The largest absolute Gasteiger partial charge is 0.236 e. The molecule has 1 saturated carbocycles. The average Bonchev–Trinajstić information content (AvgIpc) is 2.54. The van der Waals surface area contributed by atoms with Crippen molar-refractivity contribution in [2.45, 2.75) is 52.5 Å². The molecule has 3 nitrogen and oxygen atoms in total. The van der Waals surface area contributed by atoms with Crippen molar-refractivity contribution in [3.05, 3.63) is 10.5 Å². The second-order valence-corrected chi connectivity index (χ2v) is 6.01. The number of hydrogen-bond donors (Lipinski definition) is 1. The molecule has 0 unspecified atom stereocenters. The van der Waals surface area contributed by atoms with Crippen molar-refractivity contribution in [2.75, 3.05) is 0 Å². The molecule has 1 aliphatic rings. The average molecular weight is 217 g/mol. The second-order valence-electron chi connectivity index (χ2n) is 4.16. The van der Waals surface area contributed by atoms with Gasteiger partial charge >= 0.3 is 0 Å². The first-order valence-electron chi connectivity index (χ1n) is 5.10. The van der Waals surface area contributed by atoms with Gasteiger partial charge in [0.15, 0.2) is 0 Å². The zero-order valence-electron chi connectivity index (χ0n) is 9.13. The van der Waals surface area contributed by atoms with E-state index < -0.39 is 10.0 Å². The van der Waals surface area contributed by atoms with Crippen LogP contribution in [0, 0.1) is 0 Å². The fourth-order valence-corrected chi connectivity index (χ4v) is 3.01. The van der Waals surface area contributed by atoms with Gasteiger partial charge in [0.05, 0.1) is 4.91 Å². The van der Waals surface area contributed by atoms with Crippen LogP contribution < -0.4 is 4.72 Å². The lowest BCUT2D eigenvalue weighted by Gasteiger charge is -2.13. The van der Waals surface area contributed by atoms with E-state index in [9.17, 15) is 8.42 Å². The predicted octanol–water partition coefficient (Wildman–Crippen LogP) is 2.16. The van der Waals surface area contributed by atoms with Gasteiger partial charge < -0.3 is 0 Å². The van der Waals surface area contributed by atoms with Crippen LogP contribution in [0.2, 0.25) is 0 Å². The first kappa shape index (κ1) is 11.7. The lowest BCUT2D eigenvalue weighted by atomic mass is 10.3. The van der Waals surface area contributed by atoms with Gasteiger partial charge in [0.2, 0.25) is 10.0 Å². The Kier molecular flexibility index (Phi) is 3.72. The maximum Gasteiger partial charge on any atom is 0.236 e. The summed E-state index contributed by atoms with van der Waals surface area (Å²) in [4.78, 5) is 0.462. The summed E-state index contributed by atoms with van der Waals surface area (Å²) in [6.07, 6.45) is 4.24. The van der Waals surface area contributed by atoms with Crippen molar-refractivity contribution in [1.82, 2.24) is 4.72 Å². The van der Waals surface area contributed by atoms with E-state index >= 15 is 0 Å². The van der Waals surface area contributed by atoms with Crippen LogP contribution in [-0.2, 0) is 10.0 Å². The van der Waals surface area contributed by atoms with E-state index in [0.29, 0.717) is 4.91 Å².